The SMILES string of the molecule is CCc1c2nc(c(-c3cc(C(=O)OC)ccn3)c3ccc([nH]3)c(CC)c3nc(c(-c4cc(C(=O)OC)ccn4)c4ccc1[nH]4)C=C3)C=C2. The molecule has 2 N–H and O–H groups in total. The van der Waals surface area contributed by atoms with Crippen LogP contribution < -0.4 is 0 Å². The maximum absolute atomic E-state index is 12.5. The zero-order chi connectivity index (χ0) is 33.4. The number of aromatic nitrogens is 6. The molecule has 5 aromatic rings. The molecule has 7 heterocycles. The summed E-state index contributed by atoms with van der Waals surface area (Å²) in [5.74, 6) is -0.883. The van der Waals surface area contributed by atoms with Gasteiger partial charge in [-0.05, 0) is 85.7 Å². The van der Waals surface area contributed by atoms with Crippen LogP contribution in [0.3, 0.4) is 0 Å². The zero-order valence-corrected chi connectivity index (χ0v) is 26.9. The van der Waals surface area contributed by atoms with Crippen LogP contribution in [-0.2, 0) is 22.3 Å². The molecule has 10 nitrogen and oxygen atoms in total. The van der Waals surface area contributed by atoms with E-state index in [1.54, 1.807) is 36.7 Å². The van der Waals surface area contributed by atoms with Crippen molar-refractivity contribution in [3.05, 3.63) is 106 Å². The van der Waals surface area contributed by atoms with E-state index >= 15 is 0 Å². The van der Waals surface area contributed by atoms with Crippen LogP contribution >= 0.6 is 0 Å². The molecule has 8 bridgehead atoms. The number of H-pyrrole nitrogens is 2. The van der Waals surface area contributed by atoms with Crippen LogP contribution in [0.4, 0.5) is 0 Å². The van der Waals surface area contributed by atoms with Crippen LogP contribution in [0.5, 0.6) is 0 Å². The molecule has 2 aliphatic heterocycles. The number of hydrogen-bond donors (Lipinski definition) is 2. The minimum absolute atomic E-state index is 0.397. The second kappa shape index (κ2) is 12.6. The van der Waals surface area contributed by atoms with E-state index in [1.165, 1.54) is 14.2 Å². The summed E-state index contributed by atoms with van der Waals surface area (Å²) in [6, 6.07) is 14.8. The predicted molar refractivity (Wildman–Crippen MR) is 187 cm³/mol. The Balaban J connectivity index is 1.60. The number of carbonyl (C=O) groups is 2. The maximum atomic E-state index is 12.5. The maximum Gasteiger partial charge on any atom is 0.337 e. The predicted octanol–water partition coefficient (Wildman–Crippen LogP) is 7.48. The van der Waals surface area contributed by atoms with Gasteiger partial charge in [0.15, 0.2) is 0 Å². The first kappa shape index (κ1) is 30.5. The van der Waals surface area contributed by atoms with Crippen molar-refractivity contribution >= 4 is 58.3 Å². The van der Waals surface area contributed by atoms with E-state index in [1.807, 2.05) is 48.6 Å². The third-order valence-corrected chi connectivity index (χ3v) is 8.55. The molecular formula is C38H32N6O4. The number of nitrogens with zero attached hydrogens (tertiary/aromatic N) is 4. The molecule has 5 aromatic heterocycles. The summed E-state index contributed by atoms with van der Waals surface area (Å²) >= 11 is 0. The van der Waals surface area contributed by atoms with Crippen molar-refractivity contribution in [1.82, 2.24) is 29.9 Å². The standard InChI is InChI=1S/C38H32N6O4/c1-5-23-25-7-11-29(41-25)35(33-19-21(15-17-39-33)37(45)47-3)31-13-9-27(43-31)24(6-2)28-10-14-32(44-28)36(30-12-8-26(23)42-30)34-20-22(16-18-40-34)38(46)48-4/h7-20,41,44H,5-6H2,1-4H3. The second-order valence-electron chi connectivity index (χ2n) is 11.3. The lowest BCUT2D eigenvalue weighted by Gasteiger charge is -2.06. The number of fused-ring (bicyclic) bond motifs is 8. The summed E-state index contributed by atoms with van der Waals surface area (Å²) in [4.78, 5) is 51.7. The molecule has 2 aliphatic rings. The fraction of sp³-hybridized carbons (Fsp3) is 0.158. The van der Waals surface area contributed by atoms with Crippen LogP contribution in [0, 0.1) is 0 Å². The highest BCUT2D eigenvalue weighted by Gasteiger charge is 2.19. The van der Waals surface area contributed by atoms with Crippen molar-refractivity contribution in [2.75, 3.05) is 14.2 Å². The minimum Gasteiger partial charge on any atom is -0.465 e. The average Bonchev–Trinajstić information content (AvgIpc) is 3.95. The highest BCUT2D eigenvalue weighted by Crippen LogP contribution is 2.34. The number of aryl methyl sites for hydroxylation is 2. The van der Waals surface area contributed by atoms with Gasteiger partial charge < -0.3 is 19.4 Å². The van der Waals surface area contributed by atoms with Gasteiger partial charge in [0.25, 0.3) is 0 Å². The van der Waals surface area contributed by atoms with Crippen molar-refractivity contribution in [2.24, 2.45) is 0 Å². The van der Waals surface area contributed by atoms with Gasteiger partial charge in [0.1, 0.15) is 0 Å². The number of methoxy groups -OCH3 is 2. The third kappa shape index (κ3) is 5.37. The van der Waals surface area contributed by atoms with E-state index in [0.29, 0.717) is 46.7 Å². The number of carbonyl (C=O) groups excluding carboxylic acids is 2. The number of nitrogens with one attached hydrogen (secondary N) is 2. The second-order valence-corrected chi connectivity index (χ2v) is 11.3. The van der Waals surface area contributed by atoms with Crippen molar-refractivity contribution in [3.63, 3.8) is 0 Å². The van der Waals surface area contributed by atoms with Gasteiger partial charge in [0, 0.05) is 45.7 Å². The summed E-state index contributed by atoms with van der Waals surface area (Å²) in [6.07, 6.45) is 12.6. The molecule has 0 spiro atoms. The number of hydrogen-bond acceptors (Lipinski definition) is 8. The Morgan fingerprint density at radius 1 is 0.583 bits per heavy atom. The Bertz CT molecular complexity index is 2180. The molecule has 238 valence electrons. The van der Waals surface area contributed by atoms with Crippen LogP contribution in [0.2, 0.25) is 0 Å². The van der Waals surface area contributed by atoms with Gasteiger partial charge in [-0.3, -0.25) is 9.97 Å². The Kier molecular flexibility index (Phi) is 7.98. The Labute approximate surface area is 276 Å². The Morgan fingerprint density at radius 2 is 0.979 bits per heavy atom. The lowest BCUT2D eigenvalue weighted by atomic mass is 10.1. The van der Waals surface area contributed by atoms with Crippen LogP contribution in [0.25, 0.3) is 68.9 Å². The van der Waals surface area contributed by atoms with Gasteiger partial charge in [-0.25, -0.2) is 19.6 Å². The lowest BCUT2D eigenvalue weighted by Crippen LogP contribution is -2.02. The number of ether oxygens (including phenoxy) is 2. The minimum atomic E-state index is -0.442. The van der Waals surface area contributed by atoms with Gasteiger partial charge in [-0.2, -0.15) is 0 Å². The van der Waals surface area contributed by atoms with Crippen molar-refractivity contribution in [1.29, 1.82) is 0 Å². The fourth-order valence-electron chi connectivity index (χ4n) is 6.23. The first-order chi connectivity index (χ1) is 23.4. The first-order valence-electron chi connectivity index (χ1n) is 15.7. The Hall–Kier alpha value is -6.16. The normalized spacial score (nSPS) is 11.9. The van der Waals surface area contributed by atoms with E-state index in [-0.39, 0.29) is 0 Å². The van der Waals surface area contributed by atoms with Crippen molar-refractivity contribution in [2.45, 2.75) is 26.7 Å². The fourth-order valence-corrected chi connectivity index (χ4v) is 6.23. The third-order valence-electron chi connectivity index (χ3n) is 8.55. The number of aromatic amines is 2. The topological polar surface area (TPSA) is 136 Å². The molecule has 0 fully saturated rings. The average molecular weight is 637 g/mol. The van der Waals surface area contributed by atoms with Crippen LogP contribution in [0.1, 0.15) is 68.5 Å². The molecule has 0 unspecified atom stereocenters. The largest absolute Gasteiger partial charge is 0.465 e. The van der Waals surface area contributed by atoms with E-state index in [4.69, 9.17) is 19.4 Å². The quantitative estimate of drug-likeness (QED) is 0.179. The van der Waals surface area contributed by atoms with E-state index in [2.05, 4.69) is 33.8 Å². The summed E-state index contributed by atoms with van der Waals surface area (Å²) < 4.78 is 9.99. The molecule has 10 heteroatoms. The van der Waals surface area contributed by atoms with Crippen molar-refractivity contribution in [3.8, 4) is 22.5 Å². The molecular weight excluding hydrogens is 604 g/mol. The van der Waals surface area contributed by atoms with E-state index in [0.717, 1.165) is 55.7 Å². The highest BCUT2D eigenvalue weighted by molar-refractivity contribution is 5.96. The molecule has 0 radical (unpaired) electrons. The molecule has 0 atom stereocenters. The van der Waals surface area contributed by atoms with Crippen molar-refractivity contribution < 1.29 is 19.1 Å². The number of pyridine rings is 2. The Morgan fingerprint density at radius 3 is 1.38 bits per heavy atom. The van der Waals surface area contributed by atoms with E-state index in [9.17, 15) is 9.59 Å². The summed E-state index contributed by atoms with van der Waals surface area (Å²) in [5, 5.41) is 0. The molecule has 0 saturated heterocycles. The number of rotatable bonds is 6. The van der Waals surface area contributed by atoms with Gasteiger partial charge in [0.2, 0.25) is 0 Å². The van der Waals surface area contributed by atoms with Gasteiger partial charge in [0.05, 0.1) is 70.5 Å². The first-order valence-corrected chi connectivity index (χ1v) is 15.7. The molecule has 0 amide bonds. The zero-order valence-electron chi connectivity index (χ0n) is 26.9. The number of esters is 2. The summed E-state index contributed by atoms with van der Waals surface area (Å²) in [5.41, 5.74) is 11.9. The lowest BCUT2D eigenvalue weighted by molar-refractivity contribution is 0.0592. The summed E-state index contributed by atoms with van der Waals surface area (Å²) in [6.45, 7) is 4.18. The van der Waals surface area contributed by atoms with E-state index < -0.39 is 11.9 Å². The summed E-state index contributed by atoms with van der Waals surface area (Å²) in [7, 11) is 2.72. The van der Waals surface area contributed by atoms with Gasteiger partial charge in [-0.1, -0.05) is 13.8 Å². The molecule has 0 aromatic carbocycles. The monoisotopic (exact) mass is 636 g/mol. The smallest absolute Gasteiger partial charge is 0.337 e. The highest BCUT2D eigenvalue weighted by atomic mass is 16.5. The van der Waals surface area contributed by atoms with Crippen LogP contribution in [0.15, 0.2) is 60.9 Å². The molecule has 0 saturated carbocycles. The molecule has 7 rings (SSSR count). The van der Waals surface area contributed by atoms with Gasteiger partial charge in [-0.15, -0.1) is 0 Å². The van der Waals surface area contributed by atoms with Crippen LogP contribution in [-0.4, -0.2) is 56.1 Å². The molecule has 48 heavy (non-hydrogen) atoms. The van der Waals surface area contributed by atoms with Gasteiger partial charge >= 0.3 is 11.9 Å². The molecule has 0 aliphatic carbocycles.